The van der Waals surface area contributed by atoms with Crippen molar-refractivity contribution in [2.75, 3.05) is 51.2 Å². The highest BCUT2D eigenvalue weighted by molar-refractivity contribution is 5.87. The Morgan fingerprint density at radius 2 is 1.76 bits per heavy atom. The second kappa shape index (κ2) is 8.61. The Morgan fingerprint density at radius 3 is 2.45 bits per heavy atom. The largest absolute Gasteiger partial charge is 0.371 e. The van der Waals surface area contributed by atoms with Gasteiger partial charge in [-0.1, -0.05) is 18.2 Å². The Labute approximate surface area is 173 Å². The predicted molar refractivity (Wildman–Crippen MR) is 114 cm³/mol. The molecule has 2 N–H and O–H groups in total. The number of hydrogen-bond acceptors (Lipinski definition) is 4. The average Bonchev–Trinajstić information content (AvgIpc) is 2.89. The van der Waals surface area contributed by atoms with Gasteiger partial charge in [0.1, 0.15) is 5.54 Å². The van der Waals surface area contributed by atoms with Gasteiger partial charge in [-0.05, 0) is 51.3 Å². The molecule has 0 saturated carbocycles. The molecule has 3 saturated heterocycles. The molecule has 0 atom stereocenters. The Balaban J connectivity index is 1.27. The summed E-state index contributed by atoms with van der Waals surface area (Å²) in [6, 6.07) is 10.7. The molecule has 158 valence electrons. The van der Waals surface area contributed by atoms with Crippen LogP contribution >= 0.6 is 0 Å². The molecule has 1 spiro atoms. The standard InChI is InChI=1S/C22H33N5O2/c1-25-13-5-12-23-20(28)22(25)10-16-27(17-11-22)21(29)24-18-8-14-26(15-9-18)19-6-3-2-4-7-19/h2-4,6-7,18H,5,8-17H2,1H3,(H,23,28)(H,24,29). The van der Waals surface area contributed by atoms with Crippen LogP contribution in [0, 0.1) is 0 Å². The molecule has 0 unspecified atom stereocenters. The molecule has 4 rings (SSSR count). The summed E-state index contributed by atoms with van der Waals surface area (Å²) in [5, 5.41) is 6.29. The molecule has 3 fully saturated rings. The number of rotatable bonds is 2. The van der Waals surface area contributed by atoms with Gasteiger partial charge >= 0.3 is 6.03 Å². The molecule has 1 aromatic carbocycles. The fraction of sp³-hybridized carbons (Fsp3) is 0.636. The highest BCUT2D eigenvalue weighted by Gasteiger charge is 2.46. The third-order valence-corrected chi connectivity index (χ3v) is 6.93. The number of nitrogens with one attached hydrogen (secondary N) is 2. The lowest BCUT2D eigenvalue weighted by Crippen LogP contribution is -2.62. The molecule has 0 bridgehead atoms. The van der Waals surface area contributed by atoms with Crippen LogP contribution in [0.3, 0.4) is 0 Å². The monoisotopic (exact) mass is 399 g/mol. The summed E-state index contributed by atoms with van der Waals surface area (Å²) in [7, 11) is 2.04. The number of anilines is 1. The van der Waals surface area contributed by atoms with Gasteiger partial charge in [-0.2, -0.15) is 0 Å². The third-order valence-electron chi connectivity index (χ3n) is 6.93. The van der Waals surface area contributed by atoms with E-state index in [-0.39, 0.29) is 18.0 Å². The molecule has 3 heterocycles. The van der Waals surface area contributed by atoms with Gasteiger partial charge in [0, 0.05) is 51.0 Å². The van der Waals surface area contributed by atoms with Gasteiger partial charge in [0.05, 0.1) is 0 Å². The summed E-state index contributed by atoms with van der Waals surface area (Å²) < 4.78 is 0. The van der Waals surface area contributed by atoms with Crippen molar-refractivity contribution < 1.29 is 9.59 Å². The van der Waals surface area contributed by atoms with Gasteiger partial charge in [0.2, 0.25) is 5.91 Å². The average molecular weight is 400 g/mol. The van der Waals surface area contributed by atoms with Crippen molar-refractivity contribution >= 4 is 17.6 Å². The van der Waals surface area contributed by atoms with Crippen LogP contribution in [0.4, 0.5) is 10.5 Å². The second-order valence-electron chi connectivity index (χ2n) is 8.60. The van der Waals surface area contributed by atoms with Crippen molar-refractivity contribution in [1.29, 1.82) is 0 Å². The van der Waals surface area contributed by atoms with E-state index in [9.17, 15) is 9.59 Å². The first-order valence-corrected chi connectivity index (χ1v) is 10.9. The minimum absolute atomic E-state index is 0.0229. The minimum Gasteiger partial charge on any atom is -0.371 e. The number of amides is 3. The number of urea groups is 1. The Bertz CT molecular complexity index is 709. The summed E-state index contributed by atoms with van der Waals surface area (Å²) >= 11 is 0. The molecular formula is C22H33N5O2. The molecule has 7 nitrogen and oxygen atoms in total. The van der Waals surface area contributed by atoms with E-state index in [1.54, 1.807) is 0 Å². The topological polar surface area (TPSA) is 67.9 Å². The van der Waals surface area contributed by atoms with Crippen LogP contribution in [0.1, 0.15) is 32.1 Å². The van der Waals surface area contributed by atoms with Crippen LogP contribution in [-0.4, -0.2) is 79.6 Å². The lowest BCUT2D eigenvalue weighted by atomic mass is 9.85. The zero-order chi connectivity index (χ0) is 20.3. The molecule has 3 aliphatic heterocycles. The third kappa shape index (κ3) is 4.20. The fourth-order valence-corrected chi connectivity index (χ4v) is 4.95. The van der Waals surface area contributed by atoms with Crippen LogP contribution in [0.25, 0.3) is 0 Å². The molecule has 29 heavy (non-hydrogen) atoms. The predicted octanol–water partition coefficient (Wildman–Crippen LogP) is 1.65. The molecule has 0 aromatic heterocycles. The molecule has 3 aliphatic rings. The lowest BCUT2D eigenvalue weighted by Gasteiger charge is -2.45. The van der Waals surface area contributed by atoms with Crippen molar-refractivity contribution in [3.05, 3.63) is 30.3 Å². The highest BCUT2D eigenvalue weighted by Crippen LogP contribution is 2.30. The summed E-state index contributed by atoms with van der Waals surface area (Å²) in [5.74, 6) is 0.130. The van der Waals surface area contributed by atoms with Gasteiger partial charge in [0.25, 0.3) is 0 Å². The number of hydrogen-bond donors (Lipinski definition) is 2. The molecular weight excluding hydrogens is 366 g/mol. The van der Waals surface area contributed by atoms with E-state index in [1.807, 2.05) is 18.0 Å². The summed E-state index contributed by atoms with van der Waals surface area (Å²) in [6.45, 7) is 4.85. The highest BCUT2D eigenvalue weighted by atomic mass is 16.2. The first-order chi connectivity index (χ1) is 14.1. The first-order valence-electron chi connectivity index (χ1n) is 10.9. The lowest BCUT2D eigenvalue weighted by molar-refractivity contribution is -0.134. The smallest absolute Gasteiger partial charge is 0.317 e. The zero-order valence-corrected chi connectivity index (χ0v) is 17.4. The van der Waals surface area contributed by atoms with E-state index in [2.05, 4.69) is 44.7 Å². The van der Waals surface area contributed by atoms with Gasteiger partial charge in [0.15, 0.2) is 0 Å². The summed E-state index contributed by atoms with van der Waals surface area (Å²) in [4.78, 5) is 31.9. The molecule has 0 aliphatic carbocycles. The Hall–Kier alpha value is -2.28. The number of para-hydroxylation sites is 1. The summed E-state index contributed by atoms with van der Waals surface area (Å²) in [6.07, 6.45) is 4.31. The maximum atomic E-state index is 12.8. The van der Waals surface area contributed by atoms with E-state index in [1.165, 1.54) is 5.69 Å². The Kier molecular flexibility index (Phi) is 5.94. The zero-order valence-electron chi connectivity index (χ0n) is 17.4. The van der Waals surface area contributed by atoms with Crippen molar-refractivity contribution in [3.8, 4) is 0 Å². The van der Waals surface area contributed by atoms with Crippen molar-refractivity contribution in [2.24, 2.45) is 0 Å². The van der Waals surface area contributed by atoms with Crippen molar-refractivity contribution in [2.45, 2.75) is 43.7 Å². The fourth-order valence-electron chi connectivity index (χ4n) is 4.95. The number of piperidine rings is 2. The maximum Gasteiger partial charge on any atom is 0.317 e. The number of benzene rings is 1. The van der Waals surface area contributed by atoms with Crippen LogP contribution in [0.15, 0.2) is 30.3 Å². The SMILES string of the molecule is CN1CCCNC(=O)C12CCN(C(=O)NC1CCN(c3ccccc3)CC1)CC2. The van der Waals surface area contributed by atoms with E-state index < -0.39 is 5.54 Å². The van der Waals surface area contributed by atoms with E-state index in [4.69, 9.17) is 0 Å². The Morgan fingerprint density at radius 1 is 1.07 bits per heavy atom. The summed E-state index contributed by atoms with van der Waals surface area (Å²) in [5.41, 5.74) is 0.804. The minimum atomic E-state index is -0.450. The van der Waals surface area contributed by atoms with Crippen molar-refractivity contribution in [3.63, 3.8) is 0 Å². The van der Waals surface area contributed by atoms with Crippen LogP contribution in [0.5, 0.6) is 0 Å². The van der Waals surface area contributed by atoms with Crippen LogP contribution < -0.4 is 15.5 Å². The number of likely N-dealkylation sites (N-methyl/N-ethyl adjacent to an activating group) is 1. The number of likely N-dealkylation sites (tertiary alicyclic amines) is 1. The number of carbonyl (C=O) groups is 2. The normalized spacial score (nSPS) is 23.6. The number of carbonyl (C=O) groups excluding carboxylic acids is 2. The van der Waals surface area contributed by atoms with Gasteiger partial charge in [-0.3, -0.25) is 9.69 Å². The van der Waals surface area contributed by atoms with Gasteiger partial charge < -0.3 is 20.4 Å². The van der Waals surface area contributed by atoms with E-state index in [0.717, 1.165) is 45.4 Å². The molecule has 7 heteroatoms. The quantitative estimate of drug-likeness (QED) is 0.794. The second-order valence-corrected chi connectivity index (χ2v) is 8.60. The molecule has 1 aromatic rings. The van der Waals surface area contributed by atoms with E-state index >= 15 is 0 Å². The first kappa shape index (κ1) is 20.0. The van der Waals surface area contributed by atoms with Crippen LogP contribution in [0.2, 0.25) is 0 Å². The van der Waals surface area contributed by atoms with Gasteiger partial charge in [-0.15, -0.1) is 0 Å². The maximum absolute atomic E-state index is 12.8. The van der Waals surface area contributed by atoms with Crippen LogP contribution in [-0.2, 0) is 4.79 Å². The number of nitrogens with zero attached hydrogens (tertiary/aromatic N) is 3. The van der Waals surface area contributed by atoms with E-state index in [0.29, 0.717) is 25.9 Å². The molecule has 0 radical (unpaired) electrons. The molecule has 3 amide bonds. The van der Waals surface area contributed by atoms with Crippen molar-refractivity contribution in [1.82, 2.24) is 20.4 Å². The van der Waals surface area contributed by atoms with Gasteiger partial charge in [-0.25, -0.2) is 4.79 Å².